The summed E-state index contributed by atoms with van der Waals surface area (Å²) in [6.07, 6.45) is 5.75. The van der Waals surface area contributed by atoms with Crippen LogP contribution < -0.4 is 5.32 Å². The Kier molecular flexibility index (Phi) is 3.64. The summed E-state index contributed by atoms with van der Waals surface area (Å²) in [5.74, 6) is 0.574. The van der Waals surface area contributed by atoms with Crippen molar-refractivity contribution in [3.8, 4) is 6.07 Å². The van der Waals surface area contributed by atoms with E-state index < -0.39 is 5.41 Å². The van der Waals surface area contributed by atoms with Crippen LogP contribution in [0.4, 0.5) is 0 Å². The van der Waals surface area contributed by atoms with Crippen LogP contribution in [0.5, 0.6) is 0 Å². The van der Waals surface area contributed by atoms with Crippen LogP contribution in [0.3, 0.4) is 0 Å². The van der Waals surface area contributed by atoms with Crippen LogP contribution in [0.1, 0.15) is 51.9 Å². The Morgan fingerprint density at radius 1 is 1.38 bits per heavy atom. The molecule has 21 heavy (non-hydrogen) atoms. The SMILES string of the molecule is C[C@@H]1C[C@H]1N1C[C@H](NC(=O)C2(C#N)CCCCC2)CC1=O. The van der Waals surface area contributed by atoms with Crippen molar-refractivity contribution < 1.29 is 9.59 Å². The van der Waals surface area contributed by atoms with Gasteiger partial charge in [-0.1, -0.05) is 26.2 Å². The lowest BCUT2D eigenvalue weighted by molar-refractivity contribution is -0.130. The van der Waals surface area contributed by atoms with Crippen molar-refractivity contribution >= 4 is 11.8 Å². The second-order valence-electron chi connectivity index (χ2n) is 6.96. The fourth-order valence-corrected chi connectivity index (χ4v) is 3.75. The molecular formula is C16H23N3O2. The number of hydrogen-bond donors (Lipinski definition) is 1. The number of nitriles is 1. The van der Waals surface area contributed by atoms with E-state index in [1.165, 1.54) is 0 Å². The van der Waals surface area contributed by atoms with Gasteiger partial charge in [-0.15, -0.1) is 0 Å². The van der Waals surface area contributed by atoms with Crippen LogP contribution in [-0.4, -0.2) is 35.3 Å². The summed E-state index contributed by atoms with van der Waals surface area (Å²) in [6.45, 7) is 2.76. The molecule has 3 rings (SSSR count). The lowest BCUT2D eigenvalue weighted by atomic mass is 9.74. The molecule has 5 nitrogen and oxygen atoms in total. The predicted octanol–water partition coefficient (Wildman–Crippen LogP) is 1.59. The number of likely N-dealkylation sites (tertiary alicyclic amines) is 1. The van der Waals surface area contributed by atoms with Gasteiger partial charge in [0.15, 0.2) is 0 Å². The standard InChI is InChI=1S/C16H23N3O2/c1-11-7-13(11)19-9-12(8-14(19)20)18-15(21)16(10-17)5-3-2-4-6-16/h11-13H,2-9H2,1H3,(H,18,21)/t11-,12-,13-/m1/s1. The molecule has 3 fully saturated rings. The van der Waals surface area contributed by atoms with Crippen LogP contribution in [0.15, 0.2) is 0 Å². The number of amides is 2. The van der Waals surface area contributed by atoms with Gasteiger partial charge in [0.2, 0.25) is 11.8 Å². The van der Waals surface area contributed by atoms with Crippen molar-refractivity contribution in [1.82, 2.24) is 10.2 Å². The number of carbonyl (C=O) groups excluding carboxylic acids is 2. The summed E-state index contributed by atoms with van der Waals surface area (Å²) in [5, 5.41) is 12.4. The Bertz CT molecular complexity index is 490. The molecule has 3 aliphatic rings. The Hall–Kier alpha value is -1.57. The molecular weight excluding hydrogens is 266 g/mol. The highest BCUT2D eigenvalue weighted by Gasteiger charge is 2.46. The molecule has 114 valence electrons. The summed E-state index contributed by atoms with van der Waals surface area (Å²) >= 11 is 0. The lowest BCUT2D eigenvalue weighted by Crippen LogP contribution is -2.47. The van der Waals surface area contributed by atoms with E-state index in [1.807, 2.05) is 4.90 Å². The summed E-state index contributed by atoms with van der Waals surface area (Å²) in [6, 6.07) is 2.50. The molecule has 0 bridgehead atoms. The van der Waals surface area contributed by atoms with Crippen LogP contribution in [0, 0.1) is 22.7 Å². The Morgan fingerprint density at radius 3 is 2.62 bits per heavy atom. The fourth-order valence-electron chi connectivity index (χ4n) is 3.75. The molecule has 0 aromatic carbocycles. The maximum Gasteiger partial charge on any atom is 0.240 e. The molecule has 1 heterocycles. The minimum absolute atomic E-state index is 0.120. The van der Waals surface area contributed by atoms with Crippen LogP contribution in [0.2, 0.25) is 0 Å². The first-order valence-electron chi connectivity index (χ1n) is 8.07. The second-order valence-corrected chi connectivity index (χ2v) is 6.96. The summed E-state index contributed by atoms with van der Waals surface area (Å²) in [4.78, 5) is 26.4. The number of hydrogen-bond acceptors (Lipinski definition) is 3. The van der Waals surface area contributed by atoms with E-state index in [2.05, 4.69) is 18.3 Å². The third-order valence-corrected chi connectivity index (χ3v) is 5.32. The van der Waals surface area contributed by atoms with Crippen molar-refractivity contribution in [3.05, 3.63) is 0 Å². The van der Waals surface area contributed by atoms with E-state index in [-0.39, 0.29) is 17.9 Å². The lowest BCUT2D eigenvalue weighted by Gasteiger charge is -2.30. The van der Waals surface area contributed by atoms with E-state index in [4.69, 9.17) is 0 Å². The zero-order valence-electron chi connectivity index (χ0n) is 12.6. The molecule has 0 aromatic rings. The first-order chi connectivity index (χ1) is 10.1. The van der Waals surface area contributed by atoms with Gasteiger partial charge in [0.25, 0.3) is 0 Å². The fraction of sp³-hybridized carbons (Fsp3) is 0.812. The van der Waals surface area contributed by atoms with Crippen molar-refractivity contribution in [2.75, 3.05) is 6.54 Å². The van der Waals surface area contributed by atoms with E-state index in [9.17, 15) is 14.9 Å². The van der Waals surface area contributed by atoms with Gasteiger partial charge in [-0.2, -0.15) is 5.26 Å². The maximum absolute atomic E-state index is 12.5. The normalized spacial score (nSPS) is 34.4. The van der Waals surface area contributed by atoms with Crippen LogP contribution in [-0.2, 0) is 9.59 Å². The van der Waals surface area contributed by atoms with Gasteiger partial charge in [-0.05, 0) is 25.2 Å². The quantitative estimate of drug-likeness (QED) is 0.857. The van der Waals surface area contributed by atoms with E-state index in [0.29, 0.717) is 37.8 Å². The van der Waals surface area contributed by atoms with Gasteiger partial charge in [-0.3, -0.25) is 9.59 Å². The Labute approximate surface area is 125 Å². The highest BCUT2D eigenvalue weighted by Crippen LogP contribution is 2.38. The van der Waals surface area contributed by atoms with Crippen molar-refractivity contribution in [1.29, 1.82) is 5.26 Å². The minimum atomic E-state index is -0.860. The molecule has 2 aliphatic carbocycles. The highest BCUT2D eigenvalue weighted by atomic mass is 16.2. The smallest absolute Gasteiger partial charge is 0.240 e. The Morgan fingerprint density at radius 2 is 2.05 bits per heavy atom. The van der Waals surface area contributed by atoms with Gasteiger partial charge >= 0.3 is 0 Å². The van der Waals surface area contributed by atoms with E-state index in [0.717, 1.165) is 25.7 Å². The Balaban J connectivity index is 1.60. The topological polar surface area (TPSA) is 73.2 Å². The molecule has 0 aromatic heterocycles. The molecule has 0 unspecified atom stereocenters. The van der Waals surface area contributed by atoms with E-state index in [1.54, 1.807) is 0 Å². The highest BCUT2D eigenvalue weighted by molar-refractivity contribution is 5.87. The van der Waals surface area contributed by atoms with Gasteiger partial charge in [0.1, 0.15) is 5.41 Å². The van der Waals surface area contributed by atoms with Gasteiger partial charge < -0.3 is 10.2 Å². The average molecular weight is 289 g/mol. The molecule has 0 spiro atoms. The molecule has 3 atom stereocenters. The number of rotatable bonds is 3. The maximum atomic E-state index is 12.5. The van der Waals surface area contributed by atoms with Gasteiger partial charge in [0, 0.05) is 19.0 Å². The van der Waals surface area contributed by atoms with Crippen molar-refractivity contribution in [2.24, 2.45) is 11.3 Å². The van der Waals surface area contributed by atoms with Gasteiger partial charge in [0.05, 0.1) is 12.1 Å². The second kappa shape index (κ2) is 5.32. The summed E-state index contributed by atoms with van der Waals surface area (Å²) in [5.41, 5.74) is -0.860. The van der Waals surface area contributed by atoms with Crippen molar-refractivity contribution in [3.63, 3.8) is 0 Å². The van der Waals surface area contributed by atoms with Crippen LogP contribution in [0.25, 0.3) is 0 Å². The molecule has 1 aliphatic heterocycles. The summed E-state index contributed by atoms with van der Waals surface area (Å²) < 4.78 is 0. The minimum Gasteiger partial charge on any atom is -0.350 e. The monoisotopic (exact) mass is 289 g/mol. The third-order valence-electron chi connectivity index (χ3n) is 5.32. The average Bonchev–Trinajstić information content (AvgIpc) is 3.10. The molecule has 2 amide bonds. The zero-order chi connectivity index (χ0) is 15.0. The molecule has 2 saturated carbocycles. The third kappa shape index (κ3) is 2.64. The predicted molar refractivity (Wildman–Crippen MR) is 77.0 cm³/mol. The molecule has 1 N–H and O–H groups in total. The van der Waals surface area contributed by atoms with E-state index >= 15 is 0 Å². The first kappa shape index (κ1) is 14.4. The number of nitrogens with one attached hydrogen (secondary N) is 1. The van der Waals surface area contributed by atoms with Crippen LogP contribution >= 0.6 is 0 Å². The number of carbonyl (C=O) groups is 2. The summed E-state index contributed by atoms with van der Waals surface area (Å²) in [7, 11) is 0. The van der Waals surface area contributed by atoms with Crippen molar-refractivity contribution in [2.45, 2.75) is 64.0 Å². The molecule has 5 heteroatoms. The van der Waals surface area contributed by atoms with Gasteiger partial charge in [-0.25, -0.2) is 0 Å². The molecule has 1 saturated heterocycles. The number of nitrogens with zero attached hydrogens (tertiary/aromatic N) is 2. The largest absolute Gasteiger partial charge is 0.350 e. The zero-order valence-corrected chi connectivity index (χ0v) is 12.6. The molecule has 0 radical (unpaired) electrons. The first-order valence-corrected chi connectivity index (χ1v) is 8.07.